The van der Waals surface area contributed by atoms with E-state index < -0.39 is 12.8 Å². The highest BCUT2D eigenvalue weighted by Crippen LogP contribution is 2.36. The summed E-state index contributed by atoms with van der Waals surface area (Å²) in [6, 6.07) is 14.7. The molecule has 2 fully saturated rings. The van der Waals surface area contributed by atoms with E-state index in [2.05, 4.69) is 59.2 Å². The van der Waals surface area contributed by atoms with Gasteiger partial charge in [0.15, 0.2) is 0 Å². The summed E-state index contributed by atoms with van der Waals surface area (Å²) in [6.07, 6.45) is 2.82. The van der Waals surface area contributed by atoms with Crippen LogP contribution in [0.5, 0.6) is 6.01 Å². The van der Waals surface area contributed by atoms with Crippen molar-refractivity contribution in [2.75, 3.05) is 62.9 Å². The average molecular weight is 616 g/mol. The molecule has 2 saturated heterocycles. The third-order valence-electron chi connectivity index (χ3n) is 9.24. The Balaban J connectivity index is 1.32. The topological polar surface area (TPSA) is 88.8 Å². The number of likely N-dealkylation sites (N-methyl/N-ethyl adjacent to an activating group) is 1. The third kappa shape index (κ3) is 6.43. The van der Waals surface area contributed by atoms with Crippen molar-refractivity contribution in [3.05, 3.63) is 65.4 Å². The second-order valence-corrected chi connectivity index (χ2v) is 12.2. The van der Waals surface area contributed by atoms with Crippen LogP contribution in [0.1, 0.15) is 29.7 Å². The number of likely N-dealkylation sites (tertiary alicyclic amines) is 1. The van der Waals surface area contributed by atoms with Crippen LogP contribution in [0.4, 0.5) is 20.3 Å². The molecule has 0 saturated carbocycles. The van der Waals surface area contributed by atoms with Gasteiger partial charge in [-0.3, -0.25) is 9.69 Å². The Morgan fingerprint density at radius 1 is 1.11 bits per heavy atom. The van der Waals surface area contributed by atoms with Crippen molar-refractivity contribution >= 4 is 28.2 Å². The fourth-order valence-corrected chi connectivity index (χ4v) is 6.93. The predicted octanol–water partition coefficient (Wildman–Crippen LogP) is 4.38. The first-order chi connectivity index (χ1) is 21.9. The Morgan fingerprint density at radius 2 is 1.93 bits per heavy atom. The van der Waals surface area contributed by atoms with Gasteiger partial charge in [0.25, 0.3) is 0 Å². The molecule has 1 unspecified atom stereocenters. The molecule has 0 bridgehead atoms. The van der Waals surface area contributed by atoms with E-state index in [0.29, 0.717) is 45.6 Å². The van der Waals surface area contributed by atoms with Gasteiger partial charge in [0.1, 0.15) is 25.3 Å². The number of nitriles is 1. The highest BCUT2D eigenvalue weighted by molar-refractivity contribution is 5.97. The standard InChI is InChI=1S/C34H39F2N7O2/c1-23-6-3-7-24-8-4-9-30(32(23)24)41-15-12-28-29(21-41)38-34(45-22-27-18-25(36)19-40(27)2)39-33(28)42-16-17-43(26(20-42)11-14-37)31(44)10-5-13-35/h3-10,25-27H,11-13,15-22H2,1-2H3/b10-5+/t25-,26?,27+/m1/s1. The predicted molar refractivity (Wildman–Crippen MR) is 170 cm³/mol. The van der Waals surface area contributed by atoms with Crippen molar-refractivity contribution in [2.45, 2.75) is 51.0 Å². The lowest BCUT2D eigenvalue weighted by Crippen LogP contribution is -2.55. The molecule has 11 heteroatoms. The number of rotatable bonds is 8. The molecular weight excluding hydrogens is 576 g/mol. The molecule has 9 nitrogen and oxygen atoms in total. The fourth-order valence-electron chi connectivity index (χ4n) is 6.93. The highest BCUT2D eigenvalue weighted by atomic mass is 19.1. The van der Waals surface area contributed by atoms with E-state index in [0.717, 1.165) is 29.3 Å². The third-order valence-corrected chi connectivity index (χ3v) is 9.24. The van der Waals surface area contributed by atoms with Crippen molar-refractivity contribution in [1.29, 1.82) is 5.26 Å². The van der Waals surface area contributed by atoms with Gasteiger partial charge in [0, 0.05) is 61.5 Å². The number of hydrogen-bond acceptors (Lipinski definition) is 8. The molecule has 4 heterocycles. The maximum absolute atomic E-state index is 14.1. The Kier molecular flexibility index (Phi) is 9.12. The second-order valence-electron chi connectivity index (χ2n) is 12.2. The molecular formula is C34H39F2N7O2. The molecule has 3 aromatic rings. The molecule has 2 aromatic carbocycles. The van der Waals surface area contributed by atoms with Crippen LogP contribution in [0.2, 0.25) is 0 Å². The Morgan fingerprint density at radius 3 is 2.69 bits per heavy atom. The minimum absolute atomic E-state index is 0.0646. The number of hydrogen-bond donors (Lipinski definition) is 0. The maximum atomic E-state index is 14.1. The molecule has 3 aliphatic rings. The second kappa shape index (κ2) is 13.4. The Bertz CT molecular complexity index is 1620. The zero-order valence-electron chi connectivity index (χ0n) is 25.8. The van der Waals surface area contributed by atoms with Crippen molar-refractivity contribution in [3.8, 4) is 12.1 Å². The Labute approximate surface area is 262 Å². The number of allylic oxidation sites excluding steroid dienone is 1. The van der Waals surface area contributed by atoms with Gasteiger partial charge < -0.3 is 19.4 Å². The number of amides is 1. The summed E-state index contributed by atoms with van der Waals surface area (Å²) in [5, 5.41) is 12.0. The fraction of sp³-hybridized carbons (Fsp3) is 0.471. The number of alkyl halides is 2. The number of aryl methyl sites for hydroxylation is 1. The van der Waals surface area contributed by atoms with Crippen LogP contribution in [0.15, 0.2) is 48.6 Å². The van der Waals surface area contributed by atoms with Crippen molar-refractivity contribution in [2.24, 2.45) is 0 Å². The van der Waals surface area contributed by atoms with Gasteiger partial charge in [0.05, 0.1) is 30.8 Å². The largest absolute Gasteiger partial charge is 0.462 e. The van der Waals surface area contributed by atoms with Crippen LogP contribution in [0, 0.1) is 18.3 Å². The SMILES string of the molecule is Cc1cccc2cccc(N3CCc4c(nc(OC[C@@H]5C[C@@H](F)CN5C)nc4N4CCN(C(=O)/C=C/CF)C(CC#N)C4)C3)c12. The summed E-state index contributed by atoms with van der Waals surface area (Å²) >= 11 is 0. The van der Waals surface area contributed by atoms with Gasteiger partial charge >= 0.3 is 6.01 Å². The smallest absolute Gasteiger partial charge is 0.318 e. The van der Waals surface area contributed by atoms with Crippen molar-refractivity contribution < 1.29 is 18.3 Å². The van der Waals surface area contributed by atoms with E-state index in [1.807, 2.05) is 11.9 Å². The lowest BCUT2D eigenvalue weighted by molar-refractivity contribution is -0.128. The molecule has 3 atom stereocenters. The van der Waals surface area contributed by atoms with E-state index in [-0.39, 0.29) is 37.0 Å². The van der Waals surface area contributed by atoms with E-state index >= 15 is 0 Å². The lowest BCUT2D eigenvalue weighted by Gasteiger charge is -2.42. The van der Waals surface area contributed by atoms with Gasteiger partial charge in [-0.15, -0.1) is 0 Å². The van der Waals surface area contributed by atoms with Gasteiger partial charge in [-0.2, -0.15) is 15.2 Å². The van der Waals surface area contributed by atoms with E-state index in [1.54, 1.807) is 4.90 Å². The first kappa shape index (κ1) is 30.7. The molecule has 6 rings (SSSR count). The number of aromatic nitrogens is 2. The number of benzene rings is 2. The summed E-state index contributed by atoms with van der Waals surface area (Å²) in [5.41, 5.74) is 4.27. The number of carbonyl (C=O) groups excluding carboxylic acids is 1. The van der Waals surface area contributed by atoms with Gasteiger partial charge in [-0.1, -0.05) is 30.3 Å². The number of fused-ring (bicyclic) bond motifs is 2. The quantitative estimate of drug-likeness (QED) is 0.345. The molecule has 0 N–H and O–H groups in total. The van der Waals surface area contributed by atoms with Crippen molar-refractivity contribution in [1.82, 2.24) is 19.8 Å². The van der Waals surface area contributed by atoms with Gasteiger partial charge in [-0.05, 0) is 49.9 Å². The molecule has 3 aliphatic heterocycles. The molecule has 0 radical (unpaired) electrons. The van der Waals surface area contributed by atoms with E-state index in [4.69, 9.17) is 14.7 Å². The summed E-state index contributed by atoms with van der Waals surface area (Å²) in [6.45, 7) is 4.70. The summed E-state index contributed by atoms with van der Waals surface area (Å²) in [4.78, 5) is 30.7. The first-order valence-electron chi connectivity index (χ1n) is 15.6. The Hall–Kier alpha value is -4.30. The van der Waals surface area contributed by atoms with Crippen LogP contribution < -0.4 is 14.5 Å². The summed E-state index contributed by atoms with van der Waals surface area (Å²) < 4.78 is 33.0. The highest BCUT2D eigenvalue weighted by Gasteiger charge is 2.34. The number of anilines is 2. The molecule has 45 heavy (non-hydrogen) atoms. The van der Waals surface area contributed by atoms with E-state index in [9.17, 15) is 18.8 Å². The first-order valence-corrected chi connectivity index (χ1v) is 15.6. The van der Waals surface area contributed by atoms with E-state index in [1.165, 1.54) is 28.5 Å². The van der Waals surface area contributed by atoms with Crippen LogP contribution >= 0.6 is 0 Å². The monoisotopic (exact) mass is 615 g/mol. The average Bonchev–Trinajstić information content (AvgIpc) is 3.38. The molecule has 1 aromatic heterocycles. The molecule has 1 amide bonds. The number of piperazine rings is 1. The van der Waals surface area contributed by atoms with Crippen LogP contribution in [0.3, 0.4) is 0 Å². The minimum Gasteiger partial charge on any atom is -0.462 e. The summed E-state index contributed by atoms with van der Waals surface area (Å²) in [7, 11) is 1.90. The minimum atomic E-state index is -0.878. The van der Waals surface area contributed by atoms with Crippen LogP contribution in [-0.2, 0) is 17.8 Å². The molecule has 0 aliphatic carbocycles. The van der Waals surface area contributed by atoms with Gasteiger partial charge in [0.2, 0.25) is 5.91 Å². The molecule has 0 spiro atoms. The zero-order valence-corrected chi connectivity index (χ0v) is 25.8. The van der Waals surface area contributed by atoms with Crippen LogP contribution in [-0.4, -0.2) is 97.0 Å². The van der Waals surface area contributed by atoms with Crippen LogP contribution in [0.25, 0.3) is 10.8 Å². The normalized spacial score (nSPS) is 22.2. The van der Waals surface area contributed by atoms with Gasteiger partial charge in [-0.25, -0.2) is 8.78 Å². The van der Waals surface area contributed by atoms with Crippen molar-refractivity contribution in [3.63, 3.8) is 0 Å². The number of ether oxygens (including phenoxy) is 1. The lowest BCUT2D eigenvalue weighted by atomic mass is 9.99. The molecule has 236 valence electrons. The number of halogens is 2. The maximum Gasteiger partial charge on any atom is 0.318 e. The number of carbonyl (C=O) groups is 1. The zero-order chi connectivity index (χ0) is 31.5. The number of nitrogens with zero attached hydrogens (tertiary/aromatic N) is 7. The summed E-state index contributed by atoms with van der Waals surface area (Å²) in [5.74, 6) is 0.454.